The van der Waals surface area contributed by atoms with Crippen LogP contribution >= 0.6 is 0 Å². The smallest absolute Gasteiger partial charge is 0.231 e. The summed E-state index contributed by atoms with van der Waals surface area (Å²) in [6.07, 6.45) is 2.76. The molecule has 1 rings (SSSR count). The Kier molecular flexibility index (Phi) is 5.42. The van der Waals surface area contributed by atoms with Crippen LogP contribution < -0.4 is 5.73 Å². The molecule has 2 N–H and O–H groups in total. The number of ether oxygens (including phenoxy) is 1. The summed E-state index contributed by atoms with van der Waals surface area (Å²) < 4.78 is 10.5. The summed E-state index contributed by atoms with van der Waals surface area (Å²) in [5.74, 6) is 1.41. The molecule has 0 radical (unpaired) electrons. The van der Waals surface area contributed by atoms with Crippen LogP contribution in [0.15, 0.2) is 4.52 Å². The highest BCUT2D eigenvalue weighted by Crippen LogP contribution is 2.22. The molecule has 0 bridgehead atoms. The summed E-state index contributed by atoms with van der Waals surface area (Å²) in [4.78, 5) is 4.36. The standard InChI is InChI=1S/C11H21N3O2/c1-4-6-9(15-3)10-13-11(16-14-10)8(5-2)7-12/h8-9H,4-7,12H2,1-3H3. The van der Waals surface area contributed by atoms with Crippen LogP contribution in [0.1, 0.15) is 56.8 Å². The van der Waals surface area contributed by atoms with Gasteiger partial charge < -0.3 is 15.0 Å². The predicted octanol–water partition coefficient (Wildman–Crippen LogP) is 2.01. The van der Waals surface area contributed by atoms with E-state index < -0.39 is 0 Å². The summed E-state index contributed by atoms with van der Waals surface area (Å²) in [5, 5.41) is 3.96. The third-order valence-corrected chi connectivity index (χ3v) is 2.71. The molecule has 2 unspecified atom stereocenters. The summed E-state index contributed by atoms with van der Waals surface area (Å²) in [6.45, 7) is 4.69. The zero-order valence-corrected chi connectivity index (χ0v) is 10.3. The molecular formula is C11H21N3O2. The molecule has 0 spiro atoms. The molecule has 2 atom stereocenters. The minimum atomic E-state index is -0.0715. The maximum atomic E-state index is 5.63. The number of nitrogens with zero attached hydrogens (tertiary/aromatic N) is 2. The van der Waals surface area contributed by atoms with E-state index in [1.54, 1.807) is 7.11 Å². The number of aromatic nitrogens is 2. The highest BCUT2D eigenvalue weighted by Gasteiger charge is 2.20. The third-order valence-electron chi connectivity index (χ3n) is 2.71. The van der Waals surface area contributed by atoms with Crippen molar-refractivity contribution in [3.63, 3.8) is 0 Å². The number of methoxy groups -OCH3 is 1. The van der Waals surface area contributed by atoms with E-state index in [4.69, 9.17) is 15.0 Å². The van der Waals surface area contributed by atoms with Crippen molar-refractivity contribution < 1.29 is 9.26 Å². The van der Waals surface area contributed by atoms with Crippen LogP contribution in [0.5, 0.6) is 0 Å². The lowest BCUT2D eigenvalue weighted by Gasteiger charge is -2.09. The summed E-state index contributed by atoms with van der Waals surface area (Å²) in [6, 6.07) is 0. The van der Waals surface area contributed by atoms with Gasteiger partial charge in [-0.2, -0.15) is 4.98 Å². The van der Waals surface area contributed by atoms with Crippen molar-refractivity contribution in [3.05, 3.63) is 11.7 Å². The summed E-state index contributed by atoms with van der Waals surface area (Å²) in [5.41, 5.74) is 5.63. The van der Waals surface area contributed by atoms with Crippen LogP contribution in [-0.4, -0.2) is 23.8 Å². The van der Waals surface area contributed by atoms with Gasteiger partial charge in [0.15, 0.2) is 0 Å². The average molecular weight is 227 g/mol. The molecule has 0 aliphatic rings. The second-order valence-corrected chi connectivity index (χ2v) is 3.84. The highest BCUT2D eigenvalue weighted by molar-refractivity contribution is 4.97. The van der Waals surface area contributed by atoms with Crippen LogP contribution in [0.2, 0.25) is 0 Å². The largest absolute Gasteiger partial charge is 0.373 e. The second-order valence-electron chi connectivity index (χ2n) is 3.84. The SMILES string of the molecule is CCCC(OC)c1noc(C(CC)CN)n1. The van der Waals surface area contributed by atoms with E-state index >= 15 is 0 Å². The van der Waals surface area contributed by atoms with Crippen molar-refractivity contribution in [3.8, 4) is 0 Å². The topological polar surface area (TPSA) is 74.2 Å². The van der Waals surface area contributed by atoms with Gasteiger partial charge in [-0.05, 0) is 12.8 Å². The lowest BCUT2D eigenvalue weighted by atomic mass is 10.1. The third kappa shape index (κ3) is 3.02. The zero-order valence-electron chi connectivity index (χ0n) is 10.3. The number of hydrogen-bond acceptors (Lipinski definition) is 5. The van der Waals surface area contributed by atoms with Crippen molar-refractivity contribution in [2.45, 2.75) is 45.1 Å². The maximum Gasteiger partial charge on any atom is 0.231 e. The van der Waals surface area contributed by atoms with Gasteiger partial charge in [0.25, 0.3) is 0 Å². The average Bonchev–Trinajstić information content (AvgIpc) is 2.77. The first-order valence-corrected chi connectivity index (χ1v) is 5.83. The van der Waals surface area contributed by atoms with Crippen molar-refractivity contribution >= 4 is 0 Å². The predicted molar refractivity (Wildman–Crippen MR) is 61.0 cm³/mol. The molecule has 92 valence electrons. The van der Waals surface area contributed by atoms with E-state index in [1.165, 1.54) is 0 Å². The monoisotopic (exact) mass is 227 g/mol. The Morgan fingerprint density at radius 2 is 2.19 bits per heavy atom. The number of nitrogens with two attached hydrogens (primary N) is 1. The van der Waals surface area contributed by atoms with E-state index in [9.17, 15) is 0 Å². The fourth-order valence-corrected chi connectivity index (χ4v) is 1.60. The van der Waals surface area contributed by atoms with Gasteiger partial charge in [0.05, 0.1) is 5.92 Å². The molecule has 1 aromatic heterocycles. The minimum Gasteiger partial charge on any atom is -0.373 e. The van der Waals surface area contributed by atoms with Crippen LogP contribution in [0.3, 0.4) is 0 Å². The molecule has 0 aliphatic carbocycles. The molecular weight excluding hydrogens is 206 g/mol. The Bertz CT molecular complexity index is 297. The molecule has 0 saturated heterocycles. The van der Waals surface area contributed by atoms with E-state index in [2.05, 4.69) is 24.0 Å². The molecule has 0 aliphatic heterocycles. The van der Waals surface area contributed by atoms with Gasteiger partial charge in [0.1, 0.15) is 6.10 Å². The Balaban J connectivity index is 2.75. The molecule has 5 nitrogen and oxygen atoms in total. The second kappa shape index (κ2) is 6.60. The van der Waals surface area contributed by atoms with Crippen LogP contribution in [0.4, 0.5) is 0 Å². The van der Waals surface area contributed by atoms with Gasteiger partial charge in [-0.1, -0.05) is 25.4 Å². The Morgan fingerprint density at radius 3 is 2.69 bits per heavy atom. The highest BCUT2D eigenvalue weighted by atomic mass is 16.5. The number of hydrogen-bond donors (Lipinski definition) is 1. The number of rotatable bonds is 7. The van der Waals surface area contributed by atoms with Crippen molar-refractivity contribution in [2.24, 2.45) is 5.73 Å². The van der Waals surface area contributed by atoms with E-state index in [1.807, 2.05) is 0 Å². The lowest BCUT2D eigenvalue weighted by Crippen LogP contribution is -2.12. The van der Waals surface area contributed by atoms with E-state index in [-0.39, 0.29) is 12.0 Å². The first-order valence-electron chi connectivity index (χ1n) is 5.83. The van der Waals surface area contributed by atoms with Gasteiger partial charge >= 0.3 is 0 Å². The lowest BCUT2D eigenvalue weighted by molar-refractivity contribution is 0.0854. The van der Waals surface area contributed by atoms with Gasteiger partial charge in [-0.3, -0.25) is 0 Å². The molecule has 1 aromatic rings. The fourth-order valence-electron chi connectivity index (χ4n) is 1.60. The van der Waals surface area contributed by atoms with Crippen molar-refractivity contribution in [1.29, 1.82) is 0 Å². The maximum absolute atomic E-state index is 5.63. The molecule has 0 aromatic carbocycles. The first-order chi connectivity index (χ1) is 7.76. The van der Waals surface area contributed by atoms with Gasteiger partial charge in [-0.25, -0.2) is 0 Å². The van der Waals surface area contributed by atoms with Crippen LogP contribution in [0.25, 0.3) is 0 Å². The Morgan fingerprint density at radius 1 is 1.44 bits per heavy atom. The van der Waals surface area contributed by atoms with E-state index in [0.717, 1.165) is 19.3 Å². The minimum absolute atomic E-state index is 0.0715. The molecule has 5 heteroatoms. The van der Waals surface area contributed by atoms with Gasteiger partial charge in [-0.15, -0.1) is 0 Å². The molecule has 1 heterocycles. The summed E-state index contributed by atoms with van der Waals surface area (Å²) in [7, 11) is 1.66. The molecule has 0 fully saturated rings. The quantitative estimate of drug-likeness (QED) is 0.771. The Hall–Kier alpha value is -0.940. The van der Waals surface area contributed by atoms with Crippen LogP contribution in [-0.2, 0) is 4.74 Å². The fraction of sp³-hybridized carbons (Fsp3) is 0.818. The zero-order chi connectivity index (χ0) is 12.0. The Labute approximate surface area is 96.4 Å². The van der Waals surface area contributed by atoms with Gasteiger partial charge in [0.2, 0.25) is 11.7 Å². The molecule has 0 amide bonds. The van der Waals surface area contributed by atoms with E-state index in [0.29, 0.717) is 18.3 Å². The van der Waals surface area contributed by atoms with Gasteiger partial charge in [0, 0.05) is 13.7 Å². The van der Waals surface area contributed by atoms with Crippen molar-refractivity contribution in [1.82, 2.24) is 10.1 Å². The van der Waals surface area contributed by atoms with Crippen LogP contribution in [0, 0.1) is 0 Å². The molecule has 0 saturated carbocycles. The van der Waals surface area contributed by atoms with Crippen molar-refractivity contribution in [2.75, 3.05) is 13.7 Å². The first kappa shape index (κ1) is 13.1. The summed E-state index contributed by atoms with van der Waals surface area (Å²) >= 11 is 0. The normalized spacial score (nSPS) is 15.0. The molecule has 16 heavy (non-hydrogen) atoms.